The van der Waals surface area contributed by atoms with Crippen LogP contribution in [-0.2, 0) is 0 Å². The molecule has 1 fully saturated rings. The third-order valence-corrected chi connectivity index (χ3v) is 2.50. The average Bonchev–Trinajstić information content (AvgIpc) is 2.99. The number of nitro groups is 1. The maximum atomic E-state index is 10.8. The van der Waals surface area contributed by atoms with Crippen LogP contribution in [0.1, 0.15) is 34.7 Å². The standard InChI is InChI=1S/C10H9NO4/c12-10(13)8-3-1-2-7(6-4-5-6)9(8)11(14)15/h1-3,6H,4-5H2,(H,12,13). The molecule has 1 aliphatic carbocycles. The summed E-state index contributed by atoms with van der Waals surface area (Å²) in [6.45, 7) is 0. The summed E-state index contributed by atoms with van der Waals surface area (Å²) in [5, 5.41) is 19.7. The highest BCUT2D eigenvalue weighted by atomic mass is 16.6. The second kappa shape index (κ2) is 3.34. The van der Waals surface area contributed by atoms with E-state index in [0.717, 1.165) is 12.8 Å². The van der Waals surface area contributed by atoms with Gasteiger partial charge in [0.2, 0.25) is 0 Å². The number of benzene rings is 1. The highest BCUT2D eigenvalue weighted by molar-refractivity contribution is 5.93. The molecule has 0 aromatic heterocycles. The zero-order valence-corrected chi connectivity index (χ0v) is 7.84. The first kappa shape index (κ1) is 9.64. The average molecular weight is 207 g/mol. The van der Waals surface area contributed by atoms with Crippen molar-refractivity contribution in [2.75, 3.05) is 0 Å². The predicted molar refractivity (Wildman–Crippen MR) is 52.0 cm³/mol. The van der Waals surface area contributed by atoms with Crippen molar-refractivity contribution in [1.29, 1.82) is 0 Å². The molecule has 0 radical (unpaired) electrons. The summed E-state index contributed by atoms with van der Waals surface area (Å²) in [6, 6.07) is 4.47. The Morgan fingerprint density at radius 2 is 2.13 bits per heavy atom. The molecule has 1 N–H and O–H groups in total. The molecular formula is C10H9NO4. The van der Waals surface area contributed by atoms with Crippen LogP contribution in [0.2, 0.25) is 0 Å². The van der Waals surface area contributed by atoms with E-state index in [9.17, 15) is 14.9 Å². The summed E-state index contributed by atoms with van der Waals surface area (Å²) in [4.78, 5) is 21.0. The van der Waals surface area contributed by atoms with Gasteiger partial charge in [-0.2, -0.15) is 0 Å². The largest absolute Gasteiger partial charge is 0.477 e. The fourth-order valence-electron chi connectivity index (χ4n) is 1.66. The topological polar surface area (TPSA) is 80.4 Å². The van der Waals surface area contributed by atoms with Crippen molar-refractivity contribution in [3.63, 3.8) is 0 Å². The van der Waals surface area contributed by atoms with Crippen molar-refractivity contribution < 1.29 is 14.8 Å². The van der Waals surface area contributed by atoms with Gasteiger partial charge in [-0.05, 0) is 24.8 Å². The van der Waals surface area contributed by atoms with E-state index in [2.05, 4.69) is 0 Å². The quantitative estimate of drug-likeness (QED) is 0.608. The lowest BCUT2D eigenvalue weighted by Crippen LogP contribution is -2.05. The molecule has 78 valence electrons. The number of carboxylic acid groups (broad SMARTS) is 1. The van der Waals surface area contributed by atoms with Crippen LogP contribution < -0.4 is 0 Å². The molecule has 2 rings (SSSR count). The molecule has 1 aliphatic rings. The van der Waals surface area contributed by atoms with E-state index in [4.69, 9.17) is 5.11 Å². The van der Waals surface area contributed by atoms with Crippen LogP contribution in [0.4, 0.5) is 5.69 Å². The second-order valence-corrected chi connectivity index (χ2v) is 3.58. The fourth-order valence-corrected chi connectivity index (χ4v) is 1.66. The molecular weight excluding hydrogens is 198 g/mol. The van der Waals surface area contributed by atoms with Crippen molar-refractivity contribution in [2.45, 2.75) is 18.8 Å². The van der Waals surface area contributed by atoms with E-state index in [1.54, 1.807) is 12.1 Å². The van der Waals surface area contributed by atoms with E-state index in [1.165, 1.54) is 6.07 Å². The number of carboxylic acids is 1. The van der Waals surface area contributed by atoms with Gasteiger partial charge < -0.3 is 5.11 Å². The van der Waals surface area contributed by atoms with Crippen LogP contribution in [0.15, 0.2) is 18.2 Å². The smallest absolute Gasteiger partial charge is 0.342 e. The summed E-state index contributed by atoms with van der Waals surface area (Å²) in [5.41, 5.74) is 0.0943. The van der Waals surface area contributed by atoms with Crippen LogP contribution in [-0.4, -0.2) is 16.0 Å². The molecule has 0 heterocycles. The van der Waals surface area contributed by atoms with Crippen LogP contribution >= 0.6 is 0 Å². The van der Waals surface area contributed by atoms with Gasteiger partial charge in [-0.15, -0.1) is 0 Å². The molecule has 0 amide bonds. The minimum atomic E-state index is -1.25. The van der Waals surface area contributed by atoms with Gasteiger partial charge in [0.1, 0.15) is 5.56 Å². The number of hydrogen-bond acceptors (Lipinski definition) is 3. The van der Waals surface area contributed by atoms with Gasteiger partial charge >= 0.3 is 5.97 Å². The maximum absolute atomic E-state index is 10.8. The van der Waals surface area contributed by atoms with Crippen molar-refractivity contribution >= 4 is 11.7 Å². The van der Waals surface area contributed by atoms with Gasteiger partial charge in [0.15, 0.2) is 0 Å². The Hall–Kier alpha value is -1.91. The lowest BCUT2D eigenvalue weighted by molar-refractivity contribution is -0.385. The molecule has 1 aromatic carbocycles. The van der Waals surface area contributed by atoms with E-state index < -0.39 is 10.9 Å². The van der Waals surface area contributed by atoms with Crippen LogP contribution in [0, 0.1) is 10.1 Å². The maximum Gasteiger partial charge on any atom is 0.342 e. The van der Waals surface area contributed by atoms with Gasteiger partial charge in [0.05, 0.1) is 4.92 Å². The Morgan fingerprint density at radius 3 is 2.60 bits per heavy atom. The number of carbonyl (C=O) groups is 1. The molecule has 0 saturated heterocycles. The lowest BCUT2D eigenvalue weighted by atomic mass is 10.0. The van der Waals surface area contributed by atoms with Gasteiger partial charge in [-0.3, -0.25) is 10.1 Å². The third-order valence-electron chi connectivity index (χ3n) is 2.50. The van der Waals surface area contributed by atoms with Crippen molar-refractivity contribution in [3.05, 3.63) is 39.4 Å². The monoisotopic (exact) mass is 207 g/mol. The first-order valence-corrected chi connectivity index (χ1v) is 4.62. The summed E-state index contributed by atoms with van der Waals surface area (Å²) in [5.74, 6) is -1.08. The van der Waals surface area contributed by atoms with Crippen molar-refractivity contribution in [2.24, 2.45) is 0 Å². The van der Waals surface area contributed by atoms with Crippen LogP contribution in [0.25, 0.3) is 0 Å². The SMILES string of the molecule is O=C(O)c1cccc(C2CC2)c1[N+](=O)[O-]. The van der Waals surface area contributed by atoms with Gasteiger partial charge in [0.25, 0.3) is 5.69 Å². The number of rotatable bonds is 3. The summed E-state index contributed by atoms with van der Waals surface area (Å²) >= 11 is 0. The highest BCUT2D eigenvalue weighted by Crippen LogP contribution is 2.44. The molecule has 0 spiro atoms. The second-order valence-electron chi connectivity index (χ2n) is 3.58. The molecule has 1 aromatic rings. The number of hydrogen-bond donors (Lipinski definition) is 1. The first-order chi connectivity index (χ1) is 7.11. The summed E-state index contributed by atoms with van der Waals surface area (Å²) in [7, 11) is 0. The third kappa shape index (κ3) is 1.68. The predicted octanol–water partition coefficient (Wildman–Crippen LogP) is 2.17. The number of nitrogens with zero attached hydrogens (tertiary/aromatic N) is 1. The molecule has 1 saturated carbocycles. The highest BCUT2D eigenvalue weighted by Gasteiger charge is 2.33. The molecule has 0 atom stereocenters. The Kier molecular flexibility index (Phi) is 2.15. The minimum Gasteiger partial charge on any atom is -0.477 e. The molecule has 5 nitrogen and oxygen atoms in total. The Balaban J connectivity index is 2.59. The molecule has 0 bridgehead atoms. The van der Waals surface area contributed by atoms with Gasteiger partial charge in [-0.25, -0.2) is 4.79 Å². The van der Waals surface area contributed by atoms with Crippen molar-refractivity contribution in [1.82, 2.24) is 0 Å². The van der Waals surface area contributed by atoms with Gasteiger partial charge in [-0.1, -0.05) is 12.1 Å². The van der Waals surface area contributed by atoms with E-state index in [0.29, 0.717) is 5.56 Å². The first-order valence-electron chi connectivity index (χ1n) is 4.62. The molecule has 15 heavy (non-hydrogen) atoms. The Bertz CT molecular complexity index is 437. The van der Waals surface area contributed by atoms with E-state index >= 15 is 0 Å². The van der Waals surface area contributed by atoms with Gasteiger partial charge in [0, 0.05) is 5.56 Å². The summed E-state index contributed by atoms with van der Waals surface area (Å²) in [6.07, 6.45) is 1.81. The molecule has 0 unspecified atom stereocenters. The minimum absolute atomic E-state index is 0.171. The fraction of sp³-hybridized carbons (Fsp3) is 0.300. The number of aromatic carboxylic acids is 1. The molecule has 0 aliphatic heterocycles. The van der Waals surface area contributed by atoms with Crippen LogP contribution in [0.3, 0.4) is 0 Å². The summed E-state index contributed by atoms with van der Waals surface area (Å²) < 4.78 is 0. The van der Waals surface area contributed by atoms with E-state index in [1.807, 2.05) is 0 Å². The normalized spacial score (nSPS) is 14.9. The zero-order chi connectivity index (χ0) is 11.0. The Labute approximate surface area is 85.5 Å². The van der Waals surface area contributed by atoms with E-state index in [-0.39, 0.29) is 17.2 Å². The lowest BCUT2D eigenvalue weighted by Gasteiger charge is -2.03. The zero-order valence-electron chi connectivity index (χ0n) is 7.84. The number of para-hydroxylation sites is 1. The van der Waals surface area contributed by atoms with Crippen LogP contribution in [0.5, 0.6) is 0 Å². The molecule has 5 heteroatoms. The van der Waals surface area contributed by atoms with Crippen molar-refractivity contribution in [3.8, 4) is 0 Å². The number of nitro benzene ring substituents is 1. The Morgan fingerprint density at radius 1 is 1.47 bits per heavy atom.